The lowest BCUT2D eigenvalue weighted by molar-refractivity contribution is -0.139. The van der Waals surface area contributed by atoms with Crippen LogP contribution in [0.5, 0.6) is 0 Å². The Kier molecular flexibility index (Phi) is 5.85. The number of pyridine rings is 1. The summed E-state index contributed by atoms with van der Waals surface area (Å²) in [7, 11) is 0. The van der Waals surface area contributed by atoms with Gasteiger partial charge in [-0.15, -0.1) is 0 Å². The van der Waals surface area contributed by atoms with E-state index in [1.165, 1.54) is 6.07 Å². The monoisotopic (exact) mass is 398 g/mol. The van der Waals surface area contributed by atoms with E-state index < -0.39 is 11.7 Å². The van der Waals surface area contributed by atoms with Gasteiger partial charge in [0.1, 0.15) is 5.82 Å². The fourth-order valence-electron chi connectivity index (χ4n) is 3.38. The first-order chi connectivity index (χ1) is 13.2. The molecule has 2 fully saturated rings. The lowest BCUT2D eigenvalue weighted by atomic mass is 10.0. The quantitative estimate of drug-likeness (QED) is 0.764. The molecule has 0 aromatic carbocycles. The van der Waals surface area contributed by atoms with Crippen LogP contribution >= 0.6 is 0 Å². The SMILES string of the molecule is O=C(CCN1C(=O)CCC1=O)NC1CCN(c2ccc(C(F)(F)F)cn2)CC1. The molecule has 0 radical (unpaired) electrons. The van der Waals surface area contributed by atoms with E-state index in [1.54, 1.807) is 0 Å². The Morgan fingerprint density at radius 3 is 2.32 bits per heavy atom. The summed E-state index contributed by atoms with van der Waals surface area (Å²) in [6.07, 6.45) is -1.84. The number of amides is 3. The van der Waals surface area contributed by atoms with Crippen molar-refractivity contribution in [1.29, 1.82) is 0 Å². The second-order valence-electron chi connectivity index (χ2n) is 6.92. The van der Waals surface area contributed by atoms with Crippen LogP contribution in [-0.2, 0) is 20.6 Å². The first-order valence-electron chi connectivity index (χ1n) is 9.15. The standard InChI is InChI=1S/C18H21F3N4O3/c19-18(20,21)12-1-2-14(22-11-12)24-8-5-13(6-9-24)23-15(26)7-10-25-16(27)3-4-17(25)28/h1-2,11,13H,3-10H2,(H,23,26). The minimum atomic E-state index is -4.41. The number of alkyl halides is 3. The molecule has 0 spiro atoms. The molecule has 2 aliphatic heterocycles. The molecule has 3 amide bonds. The maximum absolute atomic E-state index is 12.6. The van der Waals surface area contributed by atoms with Gasteiger partial charge in [-0.1, -0.05) is 0 Å². The van der Waals surface area contributed by atoms with Crippen molar-refractivity contribution in [2.75, 3.05) is 24.5 Å². The molecule has 10 heteroatoms. The number of piperidine rings is 1. The van der Waals surface area contributed by atoms with Crippen LogP contribution in [0.15, 0.2) is 18.3 Å². The number of aromatic nitrogens is 1. The van der Waals surface area contributed by atoms with Gasteiger partial charge >= 0.3 is 6.18 Å². The molecule has 28 heavy (non-hydrogen) atoms. The number of carbonyl (C=O) groups excluding carboxylic acids is 3. The summed E-state index contributed by atoms with van der Waals surface area (Å²) in [6, 6.07) is 2.31. The summed E-state index contributed by atoms with van der Waals surface area (Å²) in [5.41, 5.74) is -0.784. The highest BCUT2D eigenvalue weighted by Gasteiger charge is 2.31. The molecular formula is C18H21F3N4O3. The molecule has 7 nitrogen and oxygen atoms in total. The highest BCUT2D eigenvalue weighted by molar-refractivity contribution is 6.02. The Bertz CT molecular complexity index is 727. The molecule has 3 rings (SSSR count). The van der Waals surface area contributed by atoms with E-state index in [2.05, 4.69) is 10.3 Å². The zero-order valence-electron chi connectivity index (χ0n) is 15.2. The van der Waals surface area contributed by atoms with Crippen molar-refractivity contribution in [2.24, 2.45) is 0 Å². The summed E-state index contributed by atoms with van der Waals surface area (Å²) in [6.45, 7) is 1.22. The predicted molar refractivity (Wildman–Crippen MR) is 93.2 cm³/mol. The largest absolute Gasteiger partial charge is 0.417 e. The Labute approximate surface area is 159 Å². The lowest BCUT2D eigenvalue weighted by Crippen LogP contribution is -2.45. The highest BCUT2D eigenvalue weighted by Crippen LogP contribution is 2.29. The summed E-state index contributed by atoms with van der Waals surface area (Å²) >= 11 is 0. The fourth-order valence-corrected chi connectivity index (χ4v) is 3.38. The molecule has 2 aliphatic rings. The molecule has 1 N–H and O–H groups in total. The number of nitrogens with zero attached hydrogens (tertiary/aromatic N) is 3. The third-order valence-corrected chi connectivity index (χ3v) is 4.98. The van der Waals surface area contributed by atoms with Crippen molar-refractivity contribution in [2.45, 2.75) is 44.3 Å². The normalized spacial score (nSPS) is 18.7. The van der Waals surface area contributed by atoms with Crippen molar-refractivity contribution in [3.05, 3.63) is 23.9 Å². The van der Waals surface area contributed by atoms with Crippen LogP contribution in [0.4, 0.5) is 19.0 Å². The molecule has 0 aliphatic carbocycles. The number of anilines is 1. The summed E-state index contributed by atoms with van der Waals surface area (Å²) in [4.78, 5) is 42.0. The van der Waals surface area contributed by atoms with Gasteiger partial charge in [0, 0.05) is 51.1 Å². The molecule has 0 bridgehead atoms. The topological polar surface area (TPSA) is 82.6 Å². The zero-order valence-corrected chi connectivity index (χ0v) is 15.2. The Morgan fingerprint density at radius 2 is 1.79 bits per heavy atom. The molecule has 152 valence electrons. The van der Waals surface area contributed by atoms with Crippen LogP contribution in [0.25, 0.3) is 0 Å². The van der Waals surface area contributed by atoms with Crippen LogP contribution < -0.4 is 10.2 Å². The smallest absolute Gasteiger partial charge is 0.356 e. The lowest BCUT2D eigenvalue weighted by Gasteiger charge is -2.33. The summed E-state index contributed by atoms with van der Waals surface area (Å²) in [5, 5.41) is 2.89. The second-order valence-corrected chi connectivity index (χ2v) is 6.92. The number of carbonyl (C=O) groups is 3. The van der Waals surface area contributed by atoms with Gasteiger partial charge in [-0.3, -0.25) is 19.3 Å². The molecule has 3 heterocycles. The minimum absolute atomic E-state index is 0.0526. The summed E-state index contributed by atoms with van der Waals surface area (Å²) < 4.78 is 37.8. The molecule has 1 aromatic heterocycles. The Hall–Kier alpha value is -2.65. The van der Waals surface area contributed by atoms with Gasteiger partial charge < -0.3 is 10.2 Å². The van der Waals surface area contributed by atoms with Crippen molar-refractivity contribution in [1.82, 2.24) is 15.2 Å². The average Bonchev–Trinajstić information content (AvgIpc) is 2.98. The van der Waals surface area contributed by atoms with Crippen molar-refractivity contribution in [3.63, 3.8) is 0 Å². The van der Waals surface area contributed by atoms with E-state index in [4.69, 9.17) is 0 Å². The van der Waals surface area contributed by atoms with Gasteiger partial charge in [0.2, 0.25) is 17.7 Å². The zero-order chi connectivity index (χ0) is 20.3. The van der Waals surface area contributed by atoms with Crippen LogP contribution in [0.1, 0.15) is 37.7 Å². The van der Waals surface area contributed by atoms with E-state index >= 15 is 0 Å². The van der Waals surface area contributed by atoms with Crippen molar-refractivity contribution < 1.29 is 27.6 Å². The number of rotatable bonds is 5. The van der Waals surface area contributed by atoms with E-state index in [0.29, 0.717) is 31.7 Å². The number of halogens is 3. The maximum atomic E-state index is 12.6. The van der Waals surface area contributed by atoms with Crippen LogP contribution in [-0.4, -0.2) is 53.3 Å². The van der Waals surface area contributed by atoms with Gasteiger partial charge in [-0.25, -0.2) is 4.98 Å². The summed E-state index contributed by atoms with van der Waals surface area (Å²) in [5.74, 6) is -0.229. The van der Waals surface area contributed by atoms with Crippen molar-refractivity contribution in [3.8, 4) is 0 Å². The maximum Gasteiger partial charge on any atom is 0.417 e. The van der Waals surface area contributed by atoms with Gasteiger partial charge in [0.05, 0.1) is 5.56 Å². The Morgan fingerprint density at radius 1 is 1.14 bits per heavy atom. The molecule has 0 saturated carbocycles. The van der Waals surface area contributed by atoms with Gasteiger partial charge in [-0.05, 0) is 25.0 Å². The number of nitrogens with one attached hydrogen (secondary N) is 1. The number of hydrogen-bond acceptors (Lipinski definition) is 5. The number of imide groups is 1. The highest BCUT2D eigenvalue weighted by atomic mass is 19.4. The van der Waals surface area contributed by atoms with E-state index in [-0.39, 0.29) is 49.6 Å². The molecule has 0 atom stereocenters. The molecule has 2 saturated heterocycles. The number of likely N-dealkylation sites (tertiary alicyclic amines) is 1. The van der Waals surface area contributed by atoms with Gasteiger partial charge in [0.25, 0.3) is 0 Å². The molecule has 1 aromatic rings. The van der Waals surface area contributed by atoms with Gasteiger partial charge in [0.15, 0.2) is 0 Å². The average molecular weight is 398 g/mol. The van der Waals surface area contributed by atoms with E-state index in [0.717, 1.165) is 17.2 Å². The molecular weight excluding hydrogens is 377 g/mol. The number of hydrogen-bond donors (Lipinski definition) is 1. The third kappa shape index (κ3) is 4.79. The van der Waals surface area contributed by atoms with Gasteiger partial charge in [-0.2, -0.15) is 13.2 Å². The minimum Gasteiger partial charge on any atom is -0.356 e. The van der Waals surface area contributed by atoms with Crippen molar-refractivity contribution >= 4 is 23.5 Å². The van der Waals surface area contributed by atoms with Crippen LogP contribution in [0.3, 0.4) is 0 Å². The third-order valence-electron chi connectivity index (χ3n) is 4.98. The van der Waals surface area contributed by atoms with E-state index in [9.17, 15) is 27.6 Å². The Balaban J connectivity index is 1.43. The second kappa shape index (κ2) is 8.15. The predicted octanol–water partition coefficient (Wildman–Crippen LogP) is 1.72. The fraction of sp³-hybridized carbons (Fsp3) is 0.556. The first-order valence-corrected chi connectivity index (χ1v) is 9.15. The van der Waals surface area contributed by atoms with Crippen LogP contribution in [0.2, 0.25) is 0 Å². The molecule has 0 unspecified atom stereocenters. The first kappa shape index (κ1) is 20.1. The van der Waals surface area contributed by atoms with E-state index in [1.807, 2.05) is 4.90 Å². The van der Waals surface area contributed by atoms with Crippen LogP contribution in [0, 0.1) is 0 Å².